The van der Waals surface area contributed by atoms with Crippen LogP contribution in [0.25, 0.3) is 11.3 Å². The van der Waals surface area contributed by atoms with Crippen molar-refractivity contribution in [3.8, 4) is 17.0 Å². The van der Waals surface area contributed by atoms with Crippen molar-refractivity contribution in [2.75, 3.05) is 11.9 Å². The van der Waals surface area contributed by atoms with Crippen LogP contribution in [0.15, 0.2) is 77.1 Å². The van der Waals surface area contributed by atoms with E-state index >= 15 is 0 Å². The normalized spacial score (nSPS) is 13.4. The molecule has 160 valence electrons. The van der Waals surface area contributed by atoms with Crippen LogP contribution in [0.4, 0.5) is 20.2 Å². The van der Waals surface area contributed by atoms with Crippen LogP contribution in [0.5, 0.6) is 5.75 Å². The van der Waals surface area contributed by atoms with E-state index in [-0.39, 0.29) is 24.1 Å². The van der Waals surface area contributed by atoms with E-state index in [1.165, 1.54) is 35.6 Å². The van der Waals surface area contributed by atoms with E-state index < -0.39 is 0 Å². The van der Waals surface area contributed by atoms with Crippen LogP contribution in [0.1, 0.15) is 5.56 Å². The number of rotatable bonds is 4. The molecule has 1 aliphatic rings. The molecule has 5 nitrogen and oxygen atoms in total. The Balaban J connectivity index is 1.61. The first-order chi connectivity index (χ1) is 15.5. The summed E-state index contributed by atoms with van der Waals surface area (Å²) in [6.07, 6.45) is 0. The molecule has 8 heteroatoms. The molecule has 0 aliphatic carbocycles. The Morgan fingerprint density at radius 2 is 1.72 bits per heavy atom. The van der Waals surface area contributed by atoms with Crippen molar-refractivity contribution in [1.29, 1.82) is 0 Å². The number of benzene rings is 3. The highest BCUT2D eigenvalue weighted by molar-refractivity contribution is 7.07. The maximum atomic E-state index is 13.4. The summed E-state index contributed by atoms with van der Waals surface area (Å²) in [5.41, 5.74) is 3.88. The average Bonchev–Trinajstić information content (AvgIpc) is 3.18. The molecule has 1 amide bonds. The number of hydrogen-bond donors (Lipinski definition) is 1. The number of ether oxygens (including phenoxy) is 1. The minimum atomic E-state index is -0.326. The van der Waals surface area contributed by atoms with Crippen molar-refractivity contribution >= 4 is 28.6 Å². The van der Waals surface area contributed by atoms with Crippen LogP contribution in [0.2, 0.25) is 0 Å². The zero-order chi connectivity index (χ0) is 22.1. The summed E-state index contributed by atoms with van der Waals surface area (Å²) in [4.78, 5) is 17.1. The Bertz CT molecular complexity index is 1360. The van der Waals surface area contributed by atoms with E-state index in [1.807, 2.05) is 28.1 Å². The lowest BCUT2D eigenvalue weighted by atomic mass is 10.1. The lowest BCUT2D eigenvalue weighted by Crippen LogP contribution is -2.25. The molecular formula is C24H17F2N3O2S. The summed E-state index contributed by atoms with van der Waals surface area (Å²) in [7, 11) is 0. The summed E-state index contributed by atoms with van der Waals surface area (Å²) in [5.74, 6) is -0.213. The monoisotopic (exact) mass is 449 g/mol. The quantitative estimate of drug-likeness (QED) is 0.471. The Kier molecular flexibility index (Phi) is 5.28. The molecule has 0 fully saturated rings. The second kappa shape index (κ2) is 8.39. The van der Waals surface area contributed by atoms with Crippen LogP contribution < -0.4 is 14.9 Å². The molecule has 5 rings (SSSR count). The second-order valence-corrected chi connectivity index (χ2v) is 8.09. The van der Waals surface area contributed by atoms with Crippen LogP contribution in [0, 0.1) is 11.6 Å². The van der Waals surface area contributed by atoms with Crippen molar-refractivity contribution in [3.05, 3.63) is 94.1 Å². The number of nitrogens with zero attached hydrogens (tertiary/aromatic N) is 2. The number of amides is 1. The predicted octanol–water partition coefficient (Wildman–Crippen LogP) is 5.11. The van der Waals surface area contributed by atoms with Gasteiger partial charge in [0.1, 0.15) is 17.4 Å². The van der Waals surface area contributed by atoms with E-state index in [2.05, 4.69) is 10.3 Å². The molecule has 0 bridgehead atoms. The van der Waals surface area contributed by atoms with Crippen molar-refractivity contribution in [2.24, 2.45) is 4.99 Å². The summed E-state index contributed by atoms with van der Waals surface area (Å²) >= 11 is 1.44. The summed E-state index contributed by atoms with van der Waals surface area (Å²) in [6, 6.07) is 17.9. The van der Waals surface area contributed by atoms with E-state index in [1.54, 1.807) is 24.3 Å². The number of halogens is 2. The smallest absolute Gasteiger partial charge is 0.262 e. The minimum absolute atomic E-state index is 0.00391. The molecule has 0 saturated heterocycles. The van der Waals surface area contributed by atoms with Gasteiger partial charge in [0.15, 0.2) is 11.4 Å². The fourth-order valence-electron chi connectivity index (χ4n) is 3.44. The molecule has 1 aliphatic heterocycles. The van der Waals surface area contributed by atoms with Crippen LogP contribution >= 0.6 is 11.3 Å². The van der Waals surface area contributed by atoms with Crippen LogP contribution in [0.3, 0.4) is 0 Å². The average molecular weight is 449 g/mol. The maximum Gasteiger partial charge on any atom is 0.262 e. The van der Waals surface area contributed by atoms with Gasteiger partial charge in [0.05, 0.1) is 23.6 Å². The largest absolute Gasteiger partial charge is 0.482 e. The van der Waals surface area contributed by atoms with Gasteiger partial charge in [-0.05, 0) is 60.2 Å². The van der Waals surface area contributed by atoms with Gasteiger partial charge >= 0.3 is 0 Å². The van der Waals surface area contributed by atoms with E-state index in [0.29, 0.717) is 28.5 Å². The highest BCUT2D eigenvalue weighted by Gasteiger charge is 2.18. The molecule has 32 heavy (non-hydrogen) atoms. The van der Waals surface area contributed by atoms with Gasteiger partial charge in [-0.2, -0.15) is 0 Å². The number of anilines is 1. The third-order valence-corrected chi connectivity index (χ3v) is 5.87. The number of hydrogen-bond acceptors (Lipinski definition) is 4. The number of thiazole rings is 1. The molecule has 0 unspecified atom stereocenters. The Morgan fingerprint density at radius 1 is 1.00 bits per heavy atom. The van der Waals surface area contributed by atoms with Crippen molar-refractivity contribution < 1.29 is 18.3 Å². The lowest BCUT2D eigenvalue weighted by Gasteiger charge is -2.19. The first-order valence-electron chi connectivity index (χ1n) is 9.85. The fourth-order valence-corrected chi connectivity index (χ4v) is 4.37. The highest BCUT2D eigenvalue weighted by atomic mass is 32.1. The number of aromatic nitrogens is 1. The van der Waals surface area contributed by atoms with E-state index in [4.69, 9.17) is 4.74 Å². The Labute approximate surface area is 186 Å². The molecule has 0 saturated carbocycles. The van der Waals surface area contributed by atoms with E-state index in [0.717, 1.165) is 16.8 Å². The zero-order valence-electron chi connectivity index (χ0n) is 16.7. The van der Waals surface area contributed by atoms with Gasteiger partial charge in [0.2, 0.25) is 0 Å². The third-order valence-electron chi connectivity index (χ3n) is 5.01. The molecule has 1 aromatic heterocycles. The molecule has 0 radical (unpaired) electrons. The topological polar surface area (TPSA) is 55.6 Å². The molecule has 3 aromatic carbocycles. The first-order valence-corrected chi connectivity index (χ1v) is 10.7. The third kappa shape index (κ3) is 4.17. The van der Waals surface area contributed by atoms with Crippen molar-refractivity contribution in [2.45, 2.75) is 6.54 Å². The Hall–Kier alpha value is -3.78. The molecule has 0 atom stereocenters. The van der Waals surface area contributed by atoms with Gasteiger partial charge in [0.25, 0.3) is 5.91 Å². The predicted molar refractivity (Wildman–Crippen MR) is 119 cm³/mol. The molecular weight excluding hydrogens is 432 g/mol. The maximum absolute atomic E-state index is 13.4. The molecule has 2 heterocycles. The van der Waals surface area contributed by atoms with Crippen molar-refractivity contribution in [1.82, 2.24) is 4.57 Å². The van der Waals surface area contributed by atoms with Gasteiger partial charge in [-0.1, -0.05) is 12.1 Å². The van der Waals surface area contributed by atoms with Gasteiger partial charge < -0.3 is 14.6 Å². The molecule has 1 N–H and O–H groups in total. The number of fused-ring (bicyclic) bond motifs is 1. The van der Waals surface area contributed by atoms with E-state index in [9.17, 15) is 13.6 Å². The lowest BCUT2D eigenvalue weighted by molar-refractivity contribution is -0.118. The summed E-state index contributed by atoms with van der Waals surface area (Å²) < 4.78 is 34.2. The zero-order valence-corrected chi connectivity index (χ0v) is 17.5. The summed E-state index contributed by atoms with van der Waals surface area (Å²) in [5, 5.41) is 4.80. The SMILES string of the molecule is O=C1COc2ccc(-c3csc(=Nc4ccc(F)cc4)n3Cc3ccc(F)cc3)cc2N1. The summed E-state index contributed by atoms with van der Waals surface area (Å²) in [6.45, 7) is 0.454. The highest BCUT2D eigenvalue weighted by Crippen LogP contribution is 2.33. The Morgan fingerprint density at radius 3 is 2.47 bits per heavy atom. The minimum Gasteiger partial charge on any atom is -0.482 e. The van der Waals surface area contributed by atoms with Gasteiger partial charge in [-0.3, -0.25) is 4.79 Å². The number of nitrogens with one attached hydrogen (secondary N) is 1. The van der Waals surface area contributed by atoms with Gasteiger partial charge in [-0.25, -0.2) is 13.8 Å². The van der Waals surface area contributed by atoms with Gasteiger partial charge in [0, 0.05) is 10.9 Å². The van der Waals surface area contributed by atoms with Gasteiger partial charge in [-0.15, -0.1) is 11.3 Å². The molecule has 4 aromatic rings. The fraction of sp³-hybridized carbons (Fsp3) is 0.0833. The van der Waals surface area contributed by atoms with Crippen molar-refractivity contribution in [3.63, 3.8) is 0 Å². The number of carbonyl (C=O) groups excluding carboxylic acids is 1. The number of carbonyl (C=O) groups is 1. The first kappa shape index (κ1) is 20.1. The van der Waals surface area contributed by atoms with Crippen LogP contribution in [-0.2, 0) is 11.3 Å². The standard InChI is InChI=1S/C24H17F2N3O2S/c25-17-4-1-15(2-5-17)12-29-21(14-32-24(29)27-19-8-6-18(26)7-9-19)16-3-10-22-20(11-16)28-23(30)13-31-22/h1-11,14H,12-13H2,(H,28,30). The second-order valence-electron chi connectivity index (χ2n) is 7.25. The van der Waals surface area contributed by atoms with Crippen LogP contribution in [-0.4, -0.2) is 17.1 Å². The molecule has 0 spiro atoms.